The summed E-state index contributed by atoms with van der Waals surface area (Å²) in [5.41, 5.74) is 1.41. The molecule has 0 radical (unpaired) electrons. The van der Waals surface area contributed by atoms with E-state index in [1.807, 2.05) is 0 Å². The number of hydrogen-bond acceptors (Lipinski definition) is 2. The highest BCUT2D eigenvalue weighted by atomic mass is 16.3. The second kappa shape index (κ2) is 6.91. The van der Waals surface area contributed by atoms with Gasteiger partial charge in [0.25, 0.3) is 0 Å². The van der Waals surface area contributed by atoms with Gasteiger partial charge >= 0.3 is 0 Å². The summed E-state index contributed by atoms with van der Waals surface area (Å²) < 4.78 is 0. The quantitative estimate of drug-likeness (QED) is 0.810. The molecule has 0 bridgehead atoms. The van der Waals surface area contributed by atoms with Crippen LogP contribution in [0.2, 0.25) is 0 Å². The number of aliphatic hydroxyl groups excluding tert-OH is 1. The zero-order chi connectivity index (χ0) is 12.8. The maximum Gasteiger partial charge on any atom is 0.0474 e. The Bertz CT molecular complexity index is 338. The summed E-state index contributed by atoms with van der Waals surface area (Å²) >= 11 is 0. The topological polar surface area (TPSA) is 32.3 Å². The zero-order valence-corrected chi connectivity index (χ0v) is 11.3. The Kier molecular flexibility index (Phi) is 5.21. The highest BCUT2D eigenvalue weighted by molar-refractivity contribution is 5.14. The second-order valence-electron chi connectivity index (χ2n) is 5.57. The summed E-state index contributed by atoms with van der Waals surface area (Å²) in [4.78, 5) is 0. The molecule has 1 fully saturated rings. The number of aryl methyl sites for hydroxylation is 1. The monoisotopic (exact) mass is 247 g/mol. The maximum absolute atomic E-state index is 9.32. The fraction of sp³-hybridized carbons (Fsp3) is 0.625. The Morgan fingerprint density at radius 2 is 2.06 bits per heavy atom. The van der Waals surface area contributed by atoms with Gasteiger partial charge in [-0.25, -0.2) is 0 Å². The molecule has 0 aromatic heterocycles. The Labute approximate surface area is 110 Å². The van der Waals surface area contributed by atoms with Crippen molar-refractivity contribution in [3.63, 3.8) is 0 Å². The zero-order valence-electron chi connectivity index (χ0n) is 11.3. The first-order valence-electron chi connectivity index (χ1n) is 7.20. The molecule has 1 aromatic carbocycles. The van der Waals surface area contributed by atoms with Gasteiger partial charge in [0.2, 0.25) is 0 Å². The molecule has 0 saturated heterocycles. The summed E-state index contributed by atoms with van der Waals surface area (Å²) in [5, 5.41) is 13.0. The summed E-state index contributed by atoms with van der Waals surface area (Å²) in [6.45, 7) is 2.60. The van der Waals surface area contributed by atoms with E-state index in [0.717, 1.165) is 6.42 Å². The van der Waals surface area contributed by atoms with E-state index in [-0.39, 0.29) is 0 Å². The Morgan fingerprint density at radius 3 is 2.78 bits per heavy atom. The van der Waals surface area contributed by atoms with E-state index < -0.39 is 0 Å². The van der Waals surface area contributed by atoms with Gasteiger partial charge in [-0.1, -0.05) is 36.8 Å². The summed E-state index contributed by atoms with van der Waals surface area (Å²) in [7, 11) is 0. The van der Waals surface area contributed by atoms with E-state index in [0.29, 0.717) is 24.6 Å². The van der Waals surface area contributed by atoms with Crippen LogP contribution in [-0.4, -0.2) is 23.8 Å². The number of rotatable bonds is 6. The molecule has 1 aliphatic carbocycles. The SMILES string of the molecule is CC(CCc1ccccc1)NC1CCCC1CO. The van der Waals surface area contributed by atoms with Gasteiger partial charge in [0, 0.05) is 18.7 Å². The van der Waals surface area contributed by atoms with Gasteiger partial charge in [0.05, 0.1) is 0 Å². The van der Waals surface area contributed by atoms with Crippen molar-refractivity contribution in [1.29, 1.82) is 0 Å². The molecule has 2 rings (SSSR count). The molecule has 1 aliphatic rings. The van der Waals surface area contributed by atoms with Crippen LogP contribution in [0.15, 0.2) is 30.3 Å². The maximum atomic E-state index is 9.32. The van der Waals surface area contributed by atoms with Crippen molar-refractivity contribution < 1.29 is 5.11 Å². The molecule has 2 N–H and O–H groups in total. The molecular weight excluding hydrogens is 222 g/mol. The number of benzene rings is 1. The molecule has 0 aliphatic heterocycles. The molecule has 18 heavy (non-hydrogen) atoms. The molecule has 3 unspecified atom stereocenters. The minimum Gasteiger partial charge on any atom is -0.396 e. The fourth-order valence-electron chi connectivity index (χ4n) is 2.95. The molecule has 1 aromatic rings. The van der Waals surface area contributed by atoms with Gasteiger partial charge in [-0.05, 0) is 44.1 Å². The lowest BCUT2D eigenvalue weighted by Crippen LogP contribution is -2.40. The fourth-order valence-corrected chi connectivity index (χ4v) is 2.95. The number of hydrogen-bond donors (Lipinski definition) is 2. The first-order valence-corrected chi connectivity index (χ1v) is 7.20. The van der Waals surface area contributed by atoms with Crippen molar-refractivity contribution in [2.45, 2.75) is 51.1 Å². The van der Waals surface area contributed by atoms with Crippen molar-refractivity contribution in [3.8, 4) is 0 Å². The third-order valence-corrected chi connectivity index (χ3v) is 4.10. The first-order chi connectivity index (χ1) is 8.79. The lowest BCUT2D eigenvalue weighted by atomic mass is 10.0. The molecule has 1 saturated carbocycles. The Balaban J connectivity index is 1.73. The van der Waals surface area contributed by atoms with Crippen LogP contribution in [0.3, 0.4) is 0 Å². The average molecular weight is 247 g/mol. The van der Waals surface area contributed by atoms with Gasteiger partial charge < -0.3 is 10.4 Å². The Morgan fingerprint density at radius 1 is 1.28 bits per heavy atom. The van der Waals surface area contributed by atoms with Crippen LogP contribution in [-0.2, 0) is 6.42 Å². The average Bonchev–Trinajstić information content (AvgIpc) is 2.85. The number of aliphatic hydroxyl groups is 1. The Hall–Kier alpha value is -0.860. The highest BCUT2D eigenvalue weighted by Gasteiger charge is 2.27. The van der Waals surface area contributed by atoms with Gasteiger partial charge in [-0.2, -0.15) is 0 Å². The largest absolute Gasteiger partial charge is 0.396 e. The van der Waals surface area contributed by atoms with Crippen molar-refractivity contribution >= 4 is 0 Å². The van der Waals surface area contributed by atoms with E-state index in [2.05, 4.69) is 42.6 Å². The van der Waals surface area contributed by atoms with Crippen LogP contribution >= 0.6 is 0 Å². The van der Waals surface area contributed by atoms with E-state index in [1.165, 1.54) is 31.2 Å². The number of nitrogens with one attached hydrogen (secondary N) is 1. The smallest absolute Gasteiger partial charge is 0.0474 e. The van der Waals surface area contributed by atoms with Crippen LogP contribution in [0.4, 0.5) is 0 Å². The van der Waals surface area contributed by atoms with E-state index in [9.17, 15) is 5.11 Å². The molecule has 0 heterocycles. The second-order valence-corrected chi connectivity index (χ2v) is 5.57. The molecule has 0 amide bonds. The van der Waals surface area contributed by atoms with Gasteiger partial charge in [0.15, 0.2) is 0 Å². The first kappa shape index (κ1) is 13.6. The van der Waals surface area contributed by atoms with E-state index >= 15 is 0 Å². The van der Waals surface area contributed by atoms with Gasteiger partial charge in [0.1, 0.15) is 0 Å². The molecule has 2 nitrogen and oxygen atoms in total. The van der Waals surface area contributed by atoms with Crippen LogP contribution in [0.5, 0.6) is 0 Å². The lowest BCUT2D eigenvalue weighted by Gasteiger charge is -2.24. The van der Waals surface area contributed by atoms with Gasteiger partial charge in [-0.15, -0.1) is 0 Å². The van der Waals surface area contributed by atoms with Crippen molar-refractivity contribution in [1.82, 2.24) is 5.32 Å². The third kappa shape index (κ3) is 3.82. The van der Waals surface area contributed by atoms with Crippen LogP contribution in [0.25, 0.3) is 0 Å². The van der Waals surface area contributed by atoms with Crippen LogP contribution in [0.1, 0.15) is 38.2 Å². The highest BCUT2D eigenvalue weighted by Crippen LogP contribution is 2.25. The summed E-state index contributed by atoms with van der Waals surface area (Å²) in [6, 6.07) is 11.7. The summed E-state index contributed by atoms with van der Waals surface area (Å²) in [5.74, 6) is 0.476. The van der Waals surface area contributed by atoms with Gasteiger partial charge in [-0.3, -0.25) is 0 Å². The van der Waals surface area contributed by atoms with E-state index in [4.69, 9.17) is 0 Å². The minimum absolute atomic E-state index is 0.336. The van der Waals surface area contributed by atoms with Crippen LogP contribution < -0.4 is 5.32 Å². The summed E-state index contributed by atoms with van der Waals surface area (Å²) in [6.07, 6.45) is 5.96. The standard InChI is InChI=1S/C16H25NO/c1-13(10-11-14-6-3-2-4-7-14)17-16-9-5-8-15(16)12-18/h2-4,6-7,13,15-18H,5,8-12H2,1H3. The van der Waals surface area contributed by atoms with Crippen molar-refractivity contribution in [2.75, 3.05) is 6.61 Å². The third-order valence-electron chi connectivity index (χ3n) is 4.10. The lowest BCUT2D eigenvalue weighted by molar-refractivity contribution is 0.199. The van der Waals surface area contributed by atoms with E-state index in [1.54, 1.807) is 0 Å². The van der Waals surface area contributed by atoms with Crippen molar-refractivity contribution in [3.05, 3.63) is 35.9 Å². The molecule has 3 atom stereocenters. The molecule has 100 valence electrons. The minimum atomic E-state index is 0.336. The normalized spacial score (nSPS) is 25.2. The molecule has 2 heteroatoms. The predicted octanol–water partition coefficient (Wildman–Crippen LogP) is 2.76. The van der Waals surface area contributed by atoms with Crippen LogP contribution in [0, 0.1) is 5.92 Å². The predicted molar refractivity (Wildman–Crippen MR) is 75.6 cm³/mol. The molecular formula is C16H25NO. The molecule has 0 spiro atoms. The van der Waals surface area contributed by atoms with Crippen molar-refractivity contribution in [2.24, 2.45) is 5.92 Å².